The number of nitrogens with one attached hydrogen (secondary N) is 2. The normalized spacial score (nSPS) is 10.2. The second-order valence-electron chi connectivity index (χ2n) is 6.01. The Morgan fingerprint density at radius 3 is 1.69 bits per heavy atom. The van der Waals surface area contributed by atoms with Gasteiger partial charge in [0, 0.05) is 14.1 Å². The lowest BCUT2D eigenvalue weighted by Gasteiger charge is -2.31. The Kier molecular flexibility index (Phi) is 5.03. The third-order valence-electron chi connectivity index (χ3n) is 4.07. The molecule has 3 aromatic rings. The molecular weight excluding hydrogens is 324 g/mol. The summed E-state index contributed by atoms with van der Waals surface area (Å²) >= 11 is 0. The zero-order valence-corrected chi connectivity index (χ0v) is 15.0. The average Bonchev–Trinajstić information content (AvgIpc) is 2.65. The molecule has 26 heavy (non-hydrogen) atoms. The summed E-state index contributed by atoms with van der Waals surface area (Å²) in [6.07, 6.45) is 0. The minimum absolute atomic E-state index is 0.523. The predicted molar refractivity (Wildman–Crippen MR) is 112 cm³/mol. The van der Waals surface area contributed by atoms with E-state index in [9.17, 15) is 0 Å². The van der Waals surface area contributed by atoms with Gasteiger partial charge < -0.3 is 11.5 Å². The summed E-state index contributed by atoms with van der Waals surface area (Å²) in [5.74, 6) is 0. The van der Waals surface area contributed by atoms with E-state index >= 15 is 0 Å². The highest BCUT2D eigenvalue weighted by Gasteiger charge is 2.17. The third-order valence-corrected chi connectivity index (χ3v) is 4.07. The molecule has 0 saturated carbocycles. The van der Waals surface area contributed by atoms with Gasteiger partial charge in [0.25, 0.3) is 0 Å². The van der Waals surface area contributed by atoms with Gasteiger partial charge in [-0.1, -0.05) is 36.4 Å². The monoisotopic (exact) mass is 348 g/mol. The maximum atomic E-state index is 6.31. The van der Waals surface area contributed by atoms with E-state index in [4.69, 9.17) is 11.5 Å². The van der Waals surface area contributed by atoms with E-state index in [2.05, 4.69) is 10.9 Å². The standard InChI is InChI=1S/C20H24N6/c1-25(23-15-9-5-3-6-10-15)18-14-13-17(21)19(22)20(18)26(2)24-16-11-7-4-8-12-16/h3-14,23-24H,21-22H2,1-2H3. The second kappa shape index (κ2) is 7.57. The van der Waals surface area contributed by atoms with Gasteiger partial charge in [0.2, 0.25) is 0 Å². The van der Waals surface area contributed by atoms with Crippen molar-refractivity contribution in [2.45, 2.75) is 0 Å². The number of hydrazine groups is 2. The lowest BCUT2D eigenvalue weighted by Crippen LogP contribution is -2.31. The highest BCUT2D eigenvalue weighted by atomic mass is 15.5. The van der Waals surface area contributed by atoms with E-state index in [0.29, 0.717) is 11.4 Å². The van der Waals surface area contributed by atoms with Crippen LogP contribution in [0.1, 0.15) is 0 Å². The largest absolute Gasteiger partial charge is 0.397 e. The summed E-state index contributed by atoms with van der Waals surface area (Å²) in [6.45, 7) is 0. The zero-order chi connectivity index (χ0) is 18.5. The van der Waals surface area contributed by atoms with E-state index in [-0.39, 0.29) is 0 Å². The lowest BCUT2D eigenvalue weighted by atomic mass is 10.2. The Hall–Kier alpha value is -3.54. The Balaban J connectivity index is 1.91. The number of rotatable bonds is 6. The van der Waals surface area contributed by atoms with Crippen molar-refractivity contribution in [1.29, 1.82) is 0 Å². The van der Waals surface area contributed by atoms with E-state index in [1.165, 1.54) is 0 Å². The molecule has 3 aromatic carbocycles. The van der Waals surface area contributed by atoms with Gasteiger partial charge in [-0.05, 0) is 36.4 Å². The van der Waals surface area contributed by atoms with Crippen molar-refractivity contribution in [3.63, 3.8) is 0 Å². The van der Waals surface area contributed by atoms with E-state index in [1.807, 2.05) is 96.9 Å². The van der Waals surface area contributed by atoms with Crippen LogP contribution in [0.4, 0.5) is 34.1 Å². The Labute approximate surface area is 154 Å². The molecule has 0 aliphatic carbocycles. The van der Waals surface area contributed by atoms with Gasteiger partial charge in [0.15, 0.2) is 0 Å². The highest BCUT2D eigenvalue weighted by Crippen LogP contribution is 2.38. The molecule has 0 aromatic heterocycles. The first-order chi connectivity index (χ1) is 12.6. The summed E-state index contributed by atoms with van der Waals surface area (Å²) in [4.78, 5) is 0. The number of nitrogen functional groups attached to an aromatic ring is 2. The van der Waals surface area contributed by atoms with Gasteiger partial charge in [-0.3, -0.25) is 20.9 Å². The first-order valence-electron chi connectivity index (χ1n) is 8.35. The molecule has 0 aliphatic heterocycles. The minimum atomic E-state index is 0.523. The summed E-state index contributed by atoms with van der Waals surface area (Å²) in [5.41, 5.74) is 23.7. The molecule has 6 nitrogen and oxygen atoms in total. The van der Waals surface area contributed by atoms with Gasteiger partial charge in [-0.15, -0.1) is 0 Å². The van der Waals surface area contributed by atoms with Crippen molar-refractivity contribution in [1.82, 2.24) is 0 Å². The van der Waals surface area contributed by atoms with Crippen LogP contribution in [0.25, 0.3) is 0 Å². The number of benzene rings is 3. The number of hydrogen-bond donors (Lipinski definition) is 4. The number of para-hydroxylation sites is 2. The first kappa shape index (κ1) is 17.3. The topological polar surface area (TPSA) is 82.6 Å². The van der Waals surface area contributed by atoms with Gasteiger partial charge in [0.1, 0.15) is 5.69 Å². The molecule has 0 saturated heterocycles. The van der Waals surface area contributed by atoms with Crippen molar-refractivity contribution < 1.29 is 0 Å². The van der Waals surface area contributed by atoms with E-state index < -0.39 is 0 Å². The summed E-state index contributed by atoms with van der Waals surface area (Å²) in [6, 6.07) is 23.6. The third kappa shape index (κ3) is 3.75. The number of anilines is 6. The molecule has 0 radical (unpaired) electrons. The molecule has 0 unspecified atom stereocenters. The molecule has 6 N–H and O–H groups in total. The Bertz CT molecular complexity index is 851. The van der Waals surface area contributed by atoms with Gasteiger partial charge in [-0.2, -0.15) is 0 Å². The van der Waals surface area contributed by atoms with Gasteiger partial charge in [-0.25, -0.2) is 0 Å². The lowest BCUT2D eigenvalue weighted by molar-refractivity contribution is 1.04. The van der Waals surface area contributed by atoms with Crippen molar-refractivity contribution in [2.75, 3.05) is 46.4 Å². The average molecular weight is 348 g/mol. The molecular formula is C20H24N6. The number of nitrogens with two attached hydrogens (primary N) is 2. The molecule has 0 amide bonds. The first-order valence-corrected chi connectivity index (χ1v) is 8.35. The Morgan fingerprint density at radius 2 is 1.15 bits per heavy atom. The van der Waals surface area contributed by atoms with Crippen LogP contribution < -0.4 is 32.3 Å². The smallest absolute Gasteiger partial charge is 0.107 e. The predicted octanol–water partition coefficient (Wildman–Crippen LogP) is 3.78. The summed E-state index contributed by atoms with van der Waals surface area (Å²) in [5, 5.41) is 3.79. The Morgan fingerprint density at radius 1 is 0.654 bits per heavy atom. The summed E-state index contributed by atoms with van der Waals surface area (Å²) in [7, 11) is 3.86. The van der Waals surface area contributed by atoms with Gasteiger partial charge in [0.05, 0.1) is 28.4 Å². The van der Waals surface area contributed by atoms with Crippen molar-refractivity contribution in [2.24, 2.45) is 0 Å². The SMILES string of the molecule is CN(Nc1ccccc1)c1ccc(N)c(N)c1N(C)Nc1ccccc1. The molecule has 0 aliphatic rings. The van der Waals surface area contributed by atoms with Crippen LogP contribution in [0.3, 0.4) is 0 Å². The molecule has 6 heteroatoms. The molecule has 3 rings (SSSR count). The van der Waals surface area contributed by atoms with Crippen molar-refractivity contribution in [3.05, 3.63) is 72.8 Å². The van der Waals surface area contributed by atoms with E-state index in [0.717, 1.165) is 22.7 Å². The molecule has 0 atom stereocenters. The molecule has 0 fully saturated rings. The minimum Gasteiger partial charge on any atom is -0.397 e. The van der Waals surface area contributed by atoms with E-state index in [1.54, 1.807) is 0 Å². The summed E-state index contributed by atoms with van der Waals surface area (Å²) < 4.78 is 0. The van der Waals surface area contributed by atoms with Crippen LogP contribution in [-0.2, 0) is 0 Å². The number of hydrogen-bond acceptors (Lipinski definition) is 6. The van der Waals surface area contributed by atoms with Crippen molar-refractivity contribution in [3.8, 4) is 0 Å². The quantitative estimate of drug-likeness (QED) is 0.401. The fourth-order valence-electron chi connectivity index (χ4n) is 2.76. The second-order valence-corrected chi connectivity index (χ2v) is 6.01. The van der Waals surface area contributed by atoms with Crippen LogP contribution in [0.15, 0.2) is 72.8 Å². The van der Waals surface area contributed by atoms with Crippen LogP contribution in [0.2, 0.25) is 0 Å². The number of nitrogens with zero attached hydrogens (tertiary/aromatic N) is 2. The maximum Gasteiger partial charge on any atom is 0.107 e. The molecule has 0 heterocycles. The fourth-order valence-corrected chi connectivity index (χ4v) is 2.76. The fraction of sp³-hybridized carbons (Fsp3) is 0.100. The zero-order valence-electron chi connectivity index (χ0n) is 15.0. The van der Waals surface area contributed by atoms with Crippen LogP contribution >= 0.6 is 0 Å². The van der Waals surface area contributed by atoms with Crippen LogP contribution in [0.5, 0.6) is 0 Å². The van der Waals surface area contributed by atoms with Crippen molar-refractivity contribution >= 4 is 34.1 Å². The molecule has 134 valence electrons. The highest BCUT2D eigenvalue weighted by molar-refractivity contribution is 5.91. The molecule has 0 bridgehead atoms. The van der Waals surface area contributed by atoms with Crippen LogP contribution in [0, 0.1) is 0 Å². The molecule has 0 spiro atoms. The maximum absolute atomic E-state index is 6.31. The van der Waals surface area contributed by atoms with Crippen LogP contribution in [-0.4, -0.2) is 14.1 Å². The van der Waals surface area contributed by atoms with Gasteiger partial charge >= 0.3 is 0 Å².